The van der Waals surface area contributed by atoms with E-state index in [1.54, 1.807) is 19.1 Å². The van der Waals surface area contributed by atoms with Gasteiger partial charge in [-0.1, -0.05) is 6.07 Å². The normalized spacial score (nSPS) is 12.8. The lowest BCUT2D eigenvalue weighted by molar-refractivity contribution is 0.478. The summed E-state index contributed by atoms with van der Waals surface area (Å²) in [5.41, 5.74) is 5.72. The van der Waals surface area contributed by atoms with Gasteiger partial charge in [-0.25, -0.2) is 8.78 Å². The minimum atomic E-state index is -0.909. The van der Waals surface area contributed by atoms with Crippen LogP contribution in [-0.4, -0.2) is 0 Å². The molecule has 0 aliphatic carbocycles. The van der Waals surface area contributed by atoms with E-state index in [1.165, 1.54) is 12.1 Å². The van der Waals surface area contributed by atoms with E-state index in [0.717, 1.165) is 6.07 Å². The van der Waals surface area contributed by atoms with Gasteiger partial charge in [-0.05, 0) is 31.2 Å². The quantitative estimate of drug-likeness (QED) is 0.848. The van der Waals surface area contributed by atoms with Gasteiger partial charge in [-0.2, -0.15) is 0 Å². The lowest BCUT2D eigenvalue weighted by Crippen LogP contribution is -2.02. The summed E-state index contributed by atoms with van der Waals surface area (Å²) in [5.74, 6) is -0.979. The minimum absolute atomic E-state index is 0.104. The van der Waals surface area contributed by atoms with Crippen LogP contribution in [0.1, 0.15) is 18.7 Å². The Bertz CT molecular complexity index is 505. The van der Waals surface area contributed by atoms with E-state index in [-0.39, 0.29) is 17.4 Å². The summed E-state index contributed by atoms with van der Waals surface area (Å²) in [5, 5.41) is 0. The molecule has 1 heterocycles. The number of halogens is 2. The van der Waals surface area contributed by atoms with Crippen LogP contribution in [0.3, 0.4) is 0 Å². The van der Waals surface area contributed by atoms with Gasteiger partial charge in [0.05, 0.1) is 11.6 Å². The number of rotatable bonds is 2. The molecule has 4 heteroatoms. The largest absolute Gasteiger partial charge is 0.459 e. The molecule has 0 aliphatic rings. The number of hydrogen-bond donors (Lipinski definition) is 1. The monoisotopic (exact) mass is 223 g/mol. The van der Waals surface area contributed by atoms with Gasteiger partial charge >= 0.3 is 0 Å². The van der Waals surface area contributed by atoms with Crippen LogP contribution < -0.4 is 5.73 Å². The first-order chi connectivity index (χ1) is 7.59. The molecule has 1 aromatic carbocycles. The molecule has 0 saturated heterocycles. The summed E-state index contributed by atoms with van der Waals surface area (Å²) in [7, 11) is 0. The zero-order chi connectivity index (χ0) is 11.7. The fourth-order valence-electron chi connectivity index (χ4n) is 1.44. The molecule has 0 fully saturated rings. The van der Waals surface area contributed by atoms with E-state index < -0.39 is 11.6 Å². The maximum absolute atomic E-state index is 13.4. The molecular formula is C12H11F2NO. The molecule has 0 radical (unpaired) electrons. The van der Waals surface area contributed by atoms with Gasteiger partial charge in [0.25, 0.3) is 0 Å². The van der Waals surface area contributed by atoms with Crippen molar-refractivity contribution >= 4 is 0 Å². The van der Waals surface area contributed by atoms with E-state index in [1.807, 2.05) is 0 Å². The third kappa shape index (κ3) is 1.84. The molecule has 2 nitrogen and oxygen atoms in total. The summed E-state index contributed by atoms with van der Waals surface area (Å²) in [6, 6.07) is 6.92. The lowest BCUT2D eigenvalue weighted by atomic mass is 10.1. The van der Waals surface area contributed by atoms with E-state index in [0.29, 0.717) is 5.76 Å². The van der Waals surface area contributed by atoms with Crippen molar-refractivity contribution < 1.29 is 13.2 Å². The van der Waals surface area contributed by atoms with Crippen LogP contribution in [0.4, 0.5) is 8.78 Å². The highest BCUT2D eigenvalue weighted by Gasteiger charge is 2.14. The molecule has 0 spiro atoms. The van der Waals surface area contributed by atoms with Crippen LogP contribution in [0, 0.1) is 11.6 Å². The first-order valence-corrected chi connectivity index (χ1v) is 4.89. The lowest BCUT2D eigenvalue weighted by Gasteiger charge is -2.01. The van der Waals surface area contributed by atoms with Crippen molar-refractivity contribution in [2.45, 2.75) is 13.0 Å². The molecular weight excluding hydrogens is 212 g/mol. The molecule has 2 N–H and O–H groups in total. The molecule has 0 saturated carbocycles. The van der Waals surface area contributed by atoms with Crippen molar-refractivity contribution in [3.8, 4) is 11.3 Å². The second-order valence-corrected chi connectivity index (χ2v) is 3.59. The van der Waals surface area contributed by atoms with Crippen LogP contribution in [0.2, 0.25) is 0 Å². The van der Waals surface area contributed by atoms with Gasteiger partial charge in [0.2, 0.25) is 0 Å². The van der Waals surface area contributed by atoms with E-state index >= 15 is 0 Å². The van der Waals surface area contributed by atoms with Gasteiger partial charge in [-0.15, -0.1) is 0 Å². The third-order valence-corrected chi connectivity index (χ3v) is 2.29. The summed E-state index contributed by atoms with van der Waals surface area (Å²) < 4.78 is 31.8. The maximum atomic E-state index is 13.4. The molecule has 0 aliphatic heterocycles. The zero-order valence-electron chi connectivity index (χ0n) is 8.71. The number of furan rings is 1. The Morgan fingerprint density at radius 1 is 1.19 bits per heavy atom. The Morgan fingerprint density at radius 2 is 1.94 bits per heavy atom. The fourth-order valence-corrected chi connectivity index (χ4v) is 1.44. The Balaban J connectivity index is 2.47. The number of benzene rings is 1. The minimum Gasteiger partial charge on any atom is -0.459 e. The summed E-state index contributed by atoms with van der Waals surface area (Å²) in [4.78, 5) is 0. The second kappa shape index (κ2) is 4.06. The Labute approximate surface area is 91.7 Å². The SMILES string of the molecule is CC(N)c1ccc(-c2cccc(F)c2F)o1. The van der Waals surface area contributed by atoms with Crippen molar-refractivity contribution in [1.29, 1.82) is 0 Å². The van der Waals surface area contributed by atoms with Gasteiger partial charge in [0, 0.05) is 0 Å². The van der Waals surface area contributed by atoms with Gasteiger partial charge in [0.15, 0.2) is 11.6 Å². The molecule has 2 aromatic rings. The Kier molecular flexibility index (Phi) is 2.75. The van der Waals surface area contributed by atoms with Crippen LogP contribution in [0.25, 0.3) is 11.3 Å². The van der Waals surface area contributed by atoms with Gasteiger partial charge in [-0.3, -0.25) is 0 Å². The molecule has 1 aromatic heterocycles. The second-order valence-electron chi connectivity index (χ2n) is 3.59. The molecule has 2 rings (SSSR count). The van der Waals surface area contributed by atoms with Gasteiger partial charge in [0.1, 0.15) is 11.5 Å². The third-order valence-electron chi connectivity index (χ3n) is 2.29. The fraction of sp³-hybridized carbons (Fsp3) is 0.167. The molecule has 0 bridgehead atoms. The summed E-state index contributed by atoms with van der Waals surface area (Å²) >= 11 is 0. The van der Waals surface area contributed by atoms with Crippen LogP contribution in [0.5, 0.6) is 0 Å². The maximum Gasteiger partial charge on any atom is 0.169 e. The predicted molar refractivity (Wildman–Crippen MR) is 56.7 cm³/mol. The van der Waals surface area contributed by atoms with Crippen molar-refractivity contribution in [2.75, 3.05) is 0 Å². The van der Waals surface area contributed by atoms with Crippen LogP contribution >= 0.6 is 0 Å². The van der Waals surface area contributed by atoms with E-state index in [4.69, 9.17) is 10.2 Å². The van der Waals surface area contributed by atoms with Crippen molar-refractivity contribution in [2.24, 2.45) is 5.73 Å². The van der Waals surface area contributed by atoms with Crippen LogP contribution in [-0.2, 0) is 0 Å². The van der Waals surface area contributed by atoms with Crippen molar-refractivity contribution in [3.63, 3.8) is 0 Å². The van der Waals surface area contributed by atoms with Crippen molar-refractivity contribution in [1.82, 2.24) is 0 Å². The highest BCUT2D eigenvalue weighted by atomic mass is 19.2. The molecule has 1 unspecified atom stereocenters. The summed E-state index contributed by atoms with van der Waals surface area (Å²) in [6.07, 6.45) is 0. The van der Waals surface area contributed by atoms with E-state index in [2.05, 4.69) is 0 Å². The van der Waals surface area contributed by atoms with E-state index in [9.17, 15) is 8.78 Å². The standard InChI is InChI=1S/C12H11F2NO/c1-7(15)10-5-6-11(16-10)8-3-2-4-9(13)12(8)14/h2-7H,15H2,1H3. The first kappa shape index (κ1) is 10.8. The molecule has 16 heavy (non-hydrogen) atoms. The summed E-state index contributed by atoms with van der Waals surface area (Å²) in [6.45, 7) is 1.75. The van der Waals surface area contributed by atoms with Crippen molar-refractivity contribution in [3.05, 3.63) is 47.7 Å². The topological polar surface area (TPSA) is 39.2 Å². The Hall–Kier alpha value is -1.68. The highest BCUT2D eigenvalue weighted by molar-refractivity contribution is 5.58. The average molecular weight is 223 g/mol. The van der Waals surface area contributed by atoms with Gasteiger partial charge < -0.3 is 10.2 Å². The molecule has 1 atom stereocenters. The molecule has 84 valence electrons. The first-order valence-electron chi connectivity index (χ1n) is 4.89. The molecule has 0 amide bonds. The smallest absolute Gasteiger partial charge is 0.169 e. The highest BCUT2D eigenvalue weighted by Crippen LogP contribution is 2.27. The van der Waals surface area contributed by atoms with Crippen LogP contribution in [0.15, 0.2) is 34.7 Å². The number of nitrogens with two attached hydrogens (primary N) is 1. The number of hydrogen-bond acceptors (Lipinski definition) is 2. The Morgan fingerprint density at radius 3 is 2.56 bits per heavy atom. The zero-order valence-corrected chi connectivity index (χ0v) is 8.71. The average Bonchev–Trinajstić information content (AvgIpc) is 2.71. The predicted octanol–water partition coefficient (Wildman–Crippen LogP) is 3.24.